The van der Waals surface area contributed by atoms with Gasteiger partial charge in [0.2, 0.25) is 0 Å². The van der Waals surface area contributed by atoms with Gasteiger partial charge in [0.25, 0.3) is 0 Å². The molecule has 0 saturated heterocycles. The third-order valence-electron chi connectivity index (χ3n) is 3.14. The van der Waals surface area contributed by atoms with Gasteiger partial charge in [0.15, 0.2) is 0 Å². The molecule has 2 rings (SSSR count). The fourth-order valence-corrected chi connectivity index (χ4v) is 2.77. The number of alkyl halides is 3. The van der Waals surface area contributed by atoms with Crippen molar-refractivity contribution in [3.63, 3.8) is 0 Å². The van der Waals surface area contributed by atoms with Gasteiger partial charge in [-0.2, -0.15) is 21.6 Å². The van der Waals surface area contributed by atoms with Gasteiger partial charge in [-0.15, -0.1) is 0 Å². The van der Waals surface area contributed by atoms with Crippen molar-refractivity contribution in [1.82, 2.24) is 0 Å². The Balaban J connectivity index is 2.15. The fraction of sp³-hybridized carbons (Fsp3) is 0.500. The third-order valence-corrected chi connectivity index (χ3v) is 4.24. The number of ether oxygens (including phenoxy) is 1. The standard InChI is InChI=1S/C12H13F3O4S/c1-18-10-4-2-8-3-5-11(7-9(8)6-10)19-20(16,17)12(13,14)15/h2,4,6,11H,3,5,7H2,1H3. The zero-order valence-corrected chi connectivity index (χ0v) is 11.4. The molecule has 8 heteroatoms. The monoisotopic (exact) mass is 310 g/mol. The molecule has 4 nitrogen and oxygen atoms in total. The van der Waals surface area contributed by atoms with E-state index in [4.69, 9.17) is 4.74 Å². The first-order valence-corrected chi connectivity index (χ1v) is 7.29. The Morgan fingerprint density at radius 2 is 1.95 bits per heavy atom. The van der Waals surface area contributed by atoms with Crippen molar-refractivity contribution in [3.8, 4) is 5.75 Å². The van der Waals surface area contributed by atoms with Crippen LogP contribution in [0.25, 0.3) is 0 Å². The highest BCUT2D eigenvalue weighted by molar-refractivity contribution is 7.87. The highest BCUT2D eigenvalue weighted by Crippen LogP contribution is 2.31. The quantitative estimate of drug-likeness (QED) is 0.635. The largest absolute Gasteiger partial charge is 0.523 e. The van der Waals surface area contributed by atoms with E-state index in [-0.39, 0.29) is 12.8 Å². The summed E-state index contributed by atoms with van der Waals surface area (Å²) in [4.78, 5) is 0. The van der Waals surface area contributed by atoms with E-state index in [1.54, 1.807) is 12.1 Å². The van der Waals surface area contributed by atoms with Gasteiger partial charge in [-0.05, 0) is 36.1 Å². The maximum Gasteiger partial charge on any atom is 0.523 e. The number of methoxy groups -OCH3 is 1. The fourth-order valence-electron chi connectivity index (χ4n) is 2.14. The predicted molar refractivity (Wildman–Crippen MR) is 64.9 cm³/mol. The van der Waals surface area contributed by atoms with E-state index in [1.807, 2.05) is 6.07 Å². The Labute approximate surface area is 114 Å². The lowest BCUT2D eigenvalue weighted by atomic mass is 9.90. The molecule has 1 aromatic carbocycles. The highest BCUT2D eigenvalue weighted by Gasteiger charge is 2.48. The van der Waals surface area contributed by atoms with Crippen LogP contribution in [0.3, 0.4) is 0 Å². The normalized spacial score (nSPS) is 19.5. The number of fused-ring (bicyclic) bond motifs is 1. The molecular formula is C12H13F3O4S. The van der Waals surface area contributed by atoms with Gasteiger partial charge in [-0.1, -0.05) is 6.07 Å². The molecule has 0 spiro atoms. The van der Waals surface area contributed by atoms with Crippen LogP contribution in [0.2, 0.25) is 0 Å². The Hall–Kier alpha value is -1.28. The average molecular weight is 310 g/mol. The van der Waals surface area contributed by atoms with E-state index in [9.17, 15) is 21.6 Å². The van der Waals surface area contributed by atoms with Gasteiger partial charge >= 0.3 is 15.6 Å². The van der Waals surface area contributed by atoms with E-state index in [2.05, 4.69) is 4.18 Å². The lowest BCUT2D eigenvalue weighted by Crippen LogP contribution is -2.33. The Bertz CT molecular complexity index is 595. The SMILES string of the molecule is COc1ccc2c(c1)CC(OS(=O)(=O)C(F)(F)F)CC2. The number of aryl methyl sites for hydroxylation is 1. The molecule has 1 unspecified atom stereocenters. The van der Waals surface area contributed by atoms with E-state index < -0.39 is 21.7 Å². The average Bonchev–Trinajstić information content (AvgIpc) is 2.36. The van der Waals surface area contributed by atoms with Gasteiger partial charge in [0.05, 0.1) is 13.2 Å². The smallest absolute Gasteiger partial charge is 0.497 e. The maximum absolute atomic E-state index is 12.3. The van der Waals surface area contributed by atoms with Crippen molar-refractivity contribution in [2.75, 3.05) is 7.11 Å². The molecule has 20 heavy (non-hydrogen) atoms. The maximum atomic E-state index is 12.3. The van der Waals surface area contributed by atoms with Crippen LogP contribution in [0.1, 0.15) is 17.5 Å². The number of rotatable bonds is 3. The van der Waals surface area contributed by atoms with Crippen molar-refractivity contribution < 1.29 is 30.5 Å². The van der Waals surface area contributed by atoms with Crippen LogP contribution < -0.4 is 4.74 Å². The molecule has 0 aliphatic heterocycles. The van der Waals surface area contributed by atoms with Crippen LogP contribution in [-0.2, 0) is 27.1 Å². The molecule has 1 aromatic rings. The molecule has 0 amide bonds. The van der Waals surface area contributed by atoms with Crippen molar-refractivity contribution in [2.45, 2.75) is 30.9 Å². The number of halogens is 3. The minimum Gasteiger partial charge on any atom is -0.497 e. The lowest BCUT2D eigenvalue weighted by Gasteiger charge is -2.25. The molecule has 0 saturated carbocycles. The van der Waals surface area contributed by atoms with Crippen LogP contribution in [0.15, 0.2) is 18.2 Å². The zero-order chi connectivity index (χ0) is 15.0. The summed E-state index contributed by atoms with van der Waals surface area (Å²) in [6.45, 7) is 0. The van der Waals surface area contributed by atoms with E-state index in [0.29, 0.717) is 12.2 Å². The van der Waals surface area contributed by atoms with Crippen molar-refractivity contribution in [2.24, 2.45) is 0 Å². The van der Waals surface area contributed by atoms with Crippen molar-refractivity contribution in [1.29, 1.82) is 0 Å². The second kappa shape index (κ2) is 5.25. The van der Waals surface area contributed by atoms with Gasteiger partial charge in [0, 0.05) is 6.42 Å². The predicted octanol–water partition coefficient (Wildman–Crippen LogP) is 2.42. The minimum absolute atomic E-state index is 0.113. The first-order valence-electron chi connectivity index (χ1n) is 5.88. The summed E-state index contributed by atoms with van der Waals surface area (Å²) in [5.74, 6) is 0.572. The molecule has 112 valence electrons. The lowest BCUT2D eigenvalue weighted by molar-refractivity contribution is -0.0577. The molecule has 0 aromatic heterocycles. The summed E-state index contributed by atoms with van der Waals surface area (Å²) in [5, 5.41) is 0. The summed E-state index contributed by atoms with van der Waals surface area (Å²) in [7, 11) is -4.07. The topological polar surface area (TPSA) is 52.6 Å². The van der Waals surface area contributed by atoms with Crippen LogP contribution in [-0.4, -0.2) is 27.1 Å². The third kappa shape index (κ3) is 3.06. The summed E-state index contributed by atoms with van der Waals surface area (Å²) in [6.07, 6.45) is -0.186. The van der Waals surface area contributed by atoms with E-state index in [1.165, 1.54) is 7.11 Å². The second-order valence-corrected chi connectivity index (χ2v) is 6.06. The zero-order valence-electron chi connectivity index (χ0n) is 10.6. The number of hydrogen-bond donors (Lipinski definition) is 0. The van der Waals surface area contributed by atoms with Crippen LogP contribution in [0.4, 0.5) is 13.2 Å². The molecule has 0 radical (unpaired) electrons. The van der Waals surface area contributed by atoms with Gasteiger partial charge in [-0.3, -0.25) is 4.18 Å². The second-order valence-electron chi connectivity index (χ2n) is 4.50. The van der Waals surface area contributed by atoms with E-state index in [0.717, 1.165) is 11.1 Å². The molecular weight excluding hydrogens is 297 g/mol. The first-order chi connectivity index (χ1) is 9.23. The summed E-state index contributed by atoms with van der Waals surface area (Å²) >= 11 is 0. The molecule has 0 heterocycles. The molecule has 0 fully saturated rings. The van der Waals surface area contributed by atoms with E-state index >= 15 is 0 Å². The molecule has 0 bridgehead atoms. The van der Waals surface area contributed by atoms with Gasteiger partial charge in [-0.25, -0.2) is 0 Å². The first kappa shape index (κ1) is 15.1. The van der Waals surface area contributed by atoms with Crippen LogP contribution in [0, 0.1) is 0 Å². The molecule has 1 atom stereocenters. The number of hydrogen-bond acceptors (Lipinski definition) is 4. The van der Waals surface area contributed by atoms with Crippen LogP contribution >= 0.6 is 0 Å². The Kier molecular flexibility index (Phi) is 3.97. The van der Waals surface area contributed by atoms with Gasteiger partial charge < -0.3 is 4.74 Å². The summed E-state index contributed by atoms with van der Waals surface area (Å²) < 4.78 is 68.1. The Morgan fingerprint density at radius 1 is 1.25 bits per heavy atom. The Morgan fingerprint density at radius 3 is 2.55 bits per heavy atom. The van der Waals surface area contributed by atoms with Crippen molar-refractivity contribution >= 4 is 10.1 Å². The van der Waals surface area contributed by atoms with Crippen molar-refractivity contribution in [3.05, 3.63) is 29.3 Å². The highest BCUT2D eigenvalue weighted by atomic mass is 32.2. The van der Waals surface area contributed by atoms with Crippen LogP contribution in [0.5, 0.6) is 5.75 Å². The molecule has 1 aliphatic rings. The number of benzene rings is 1. The van der Waals surface area contributed by atoms with Gasteiger partial charge in [0.1, 0.15) is 5.75 Å². The summed E-state index contributed by atoms with van der Waals surface area (Å²) in [5.41, 5.74) is -3.67. The summed E-state index contributed by atoms with van der Waals surface area (Å²) in [6, 6.07) is 5.26. The molecule has 0 N–H and O–H groups in total. The molecule has 1 aliphatic carbocycles. The minimum atomic E-state index is -5.55.